The predicted molar refractivity (Wildman–Crippen MR) is 107 cm³/mol. The first-order valence-electron chi connectivity index (χ1n) is 10.8. The van der Waals surface area contributed by atoms with Crippen LogP contribution in [0.4, 0.5) is 0 Å². The van der Waals surface area contributed by atoms with Gasteiger partial charge in [-0.3, -0.25) is 0 Å². The van der Waals surface area contributed by atoms with Gasteiger partial charge in [0.1, 0.15) is 0 Å². The summed E-state index contributed by atoms with van der Waals surface area (Å²) in [7, 11) is 0.239. The zero-order valence-corrected chi connectivity index (χ0v) is 16.2. The fraction of sp³-hybridized carbons (Fsp3) is 0.739. The van der Waals surface area contributed by atoms with Gasteiger partial charge in [0, 0.05) is 0 Å². The average molecular weight is 343 g/mol. The summed E-state index contributed by atoms with van der Waals surface area (Å²) >= 11 is 0. The summed E-state index contributed by atoms with van der Waals surface area (Å²) in [5.74, 6) is 0.890. The molecule has 0 saturated heterocycles. The summed E-state index contributed by atoms with van der Waals surface area (Å²) in [6, 6.07) is 11.6. The molecule has 3 saturated carbocycles. The van der Waals surface area contributed by atoms with Crippen LogP contribution in [0.2, 0.25) is 0 Å². The molecule has 0 radical (unpaired) electrons. The minimum atomic E-state index is 0.239. The van der Waals surface area contributed by atoms with Gasteiger partial charge in [-0.05, 0) is 67.0 Å². The largest absolute Gasteiger partial charge is 0.0965 e. The van der Waals surface area contributed by atoms with E-state index in [-0.39, 0.29) is 7.92 Å². The Morgan fingerprint density at radius 1 is 0.583 bits per heavy atom. The lowest BCUT2D eigenvalue weighted by Gasteiger charge is -2.44. The molecule has 1 heteroatoms. The number of benzene rings is 1. The Labute approximate surface area is 150 Å². The lowest BCUT2D eigenvalue weighted by atomic mass is 9.97. The van der Waals surface area contributed by atoms with Gasteiger partial charge >= 0.3 is 0 Å². The van der Waals surface area contributed by atoms with Crippen LogP contribution < -0.4 is 0 Å². The molecule has 0 aliphatic heterocycles. The molecule has 2 atom stereocenters. The molecule has 0 nitrogen and oxygen atoms in total. The van der Waals surface area contributed by atoms with E-state index >= 15 is 0 Å². The number of rotatable bonds is 4. The van der Waals surface area contributed by atoms with Gasteiger partial charge in [0.2, 0.25) is 0 Å². The highest BCUT2D eigenvalue weighted by Crippen LogP contribution is 2.65. The van der Waals surface area contributed by atoms with E-state index in [0.717, 1.165) is 22.9 Å². The summed E-state index contributed by atoms with van der Waals surface area (Å²) in [4.78, 5) is 0. The Morgan fingerprint density at radius 3 is 1.75 bits per heavy atom. The minimum absolute atomic E-state index is 0.239. The molecule has 1 unspecified atom stereocenters. The fourth-order valence-electron chi connectivity index (χ4n) is 5.98. The minimum Gasteiger partial charge on any atom is -0.0965 e. The summed E-state index contributed by atoms with van der Waals surface area (Å²) in [6.45, 7) is 0. The first-order chi connectivity index (χ1) is 11.9. The fourth-order valence-corrected chi connectivity index (χ4v) is 10.8. The molecule has 3 fully saturated rings. The molecule has 3 aliphatic rings. The Morgan fingerprint density at radius 2 is 1.17 bits per heavy atom. The van der Waals surface area contributed by atoms with Crippen molar-refractivity contribution in [3.63, 3.8) is 0 Å². The van der Waals surface area contributed by atoms with Crippen LogP contribution in [-0.4, -0.2) is 17.0 Å². The van der Waals surface area contributed by atoms with E-state index < -0.39 is 0 Å². The molecular formula is C23H35P. The molecule has 1 aromatic carbocycles. The van der Waals surface area contributed by atoms with Gasteiger partial charge in [-0.25, -0.2) is 0 Å². The lowest BCUT2D eigenvalue weighted by molar-refractivity contribution is 0.478. The third-order valence-electron chi connectivity index (χ3n) is 7.08. The first kappa shape index (κ1) is 17.1. The summed E-state index contributed by atoms with van der Waals surface area (Å²) in [5.41, 5.74) is 4.95. The maximum atomic E-state index is 2.43. The SMILES string of the molecule is c1ccc([C@H]2CCCC2P(C2CCCCC2)C2CCCCC2)cc1. The highest BCUT2D eigenvalue weighted by Gasteiger charge is 2.41. The molecule has 4 rings (SSSR count). The van der Waals surface area contributed by atoms with Gasteiger partial charge in [0.25, 0.3) is 0 Å². The van der Waals surface area contributed by atoms with Gasteiger partial charge in [-0.1, -0.05) is 83.2 Å². The maximum Gasteiger partial charge on any atom is -0.00941 e. The van der Waals surface area contributed by atoms with Gasteiger partial charge in [-0.15, -0.1) is 0 Å². The van der Waals surface area contributed by atoms with Crippen LogP contribution in [0.15, 0.2) is 30.3 Å². The predicted octanol–water partition coefficient (Wildman–Crippen LogP) is 7.47. The van der Waals surface area contributed by atoms with Gasteiger partial charge in [0.15, 0.2) is 0 Å². The van der Waals surface area contributed by atoms with Crippen LogP contribution in [0.1, 0.15) is 95.0 Å². The van der Waals surface area contributed by atoms with Crippen LogP contribution in [0.3, 0.4) is 0 Å². The number of hydrogen-bond acceptors (Lipinski definition) is 0. The second-order valence-electron chi connectivity index (χ2n) is 8.55. The van der Waals surface area contributed by atoms with E-state index in [9.17, 15) is 0 Å². The van der Waals surface area contributed by atoms with Crippen molar-refractivity contribution in [1.29, 1.82) is 0 Å². The Bertz CT molecular complexity index is 466. The summed E-state index contributed by atoms with van der Waals surface area (Å²) < 4.78 is 0. The van der Waals surface area contributed by atoms with Gasteiger partial charge in [-0.2, -0.15) is 0 Å². The molecular weight excluding hydrogens is 307 g/mol. The second-order valence-corrected chi connectivity index (χ2v) is 11.6. The summed E-state index contributed by atoms with van der Waals surface area (Å²) in [6.07, 6.45) is 19.9. The van der Waals surface area contributed by atoms with Crippen LogP contribution in [0.5, 0.6) is 0 Å². The second kappa shape index (κ2) is 8.35. The van der Waals surface area contributed by atoms with E-state index in [2.05, 4.69) is 30.3 Å². The van der Waals surface area contributed by atoms with Gasteiger partial charge in [0.05, 0.1) is 0 Å². The normalized spacial score (nSPS) is 30.0. The molecule has 0 bridgehead atoms. The molecule has 0 spiro atoms. The lowest BCUT2D eigenvalue weighted by Crippen LogP contribution is -2.28. The molecule has 1 aromatic rings. The smallest absolute Gasteiger partial charge is 0.00941 e. The van der Waals surface area contributed by atoms with Crippen LogP contribution in [0, 0.1) is 0 Å². The van der Waals surface area contributed by atoms with E-state index in [1.165, 1.54) is 57.8 Å². The zero-order valence-electron chi connectivity index (χ0n) is 15.3. The van der Waals surface area contributed by atoms with Crippen LogP contribution >= 0.6 is 7.92 Å². The van der Waals surface area contributed by atoms with E-state index in [1.807, 2.05) is 0 Å². The molecule has 0 aromatic heterocycles. The Hall–Kier alpha value is -0.350. The molecule has 0 amide bonds. The van der Waals surface area contributed by atoms with E-state index in [4.69, 9.17) is 0 Å². The average Bonchev–Trinajstić information content (AvgIpc) is 3.14. The van der Waals surface area contributed by atoms with Crippen molar-refractivity contribution in [1.82, 2.24) is 0 Å². The molecule has 0 N–H and O–H groups in total. The van der Waals surface area contributed by atoms with Crippen LogP contribution in [0.25, 0.3) is 0 Å². The molecule has 3 aliphatic carbocycles. The van der Waals surface area contributed by atoms with E-state index in [0.29, 0.717) is 0 Å². The molecule has 132 valence electrons. The van der Waals surface area contributed by atoms with Crippen molar-refractivity contribution in [2.45, 2.75) is 106 Å². The van der Waals surface area contributed by atoms with Crippen LogP contribution in [-0.2, 0) is 0 Å². The Balaban J connectivity index is 1.58. The number of hydrogen-bond donors (Lipinski definition) is 0. The third kappa shape index (κ3) is 3.75. The van der Waals surface area contributed by atoms with E-state index in [1.54, 1.807) is 31.2 Å². The van der Waals surface area contributed by atoms with Crippen molar-refractivity contribution >= 4 is 7.92 Å². The highest BCUT2D eigenvalue weighted by molar-refractivity contribution is 7.60. The molecule has 24 heavy (non-hydrogen) atoms. The Kier molecular flexibility index (Phi) is 5.95. The maximum absolute atomic E-state index is 2.43. The first-order valence-corrected chi connectivity index (χ1v) is 12.3. The van der Waals surface area contributed by atoms with Crippen molar-refractivity contribution in [3.05, 3.63) is 35.9 Å². The van der Waals surface area contributed by atoms with Crippen molar-refractivity contribution in [2.24, 2.45) is 0 Å². The zero-order chi connectivity index (χ0) is 16.2. The standard InChI is InChI=1S/C23H35P/c1-4-11-19(12-5-1)22-17-10-18-23(22)24(20-13-6-2-7-14-20)21-15-8-3-9-16-21/h1,4-5,11-12,20-23H,2-3,6-10,13-18H2/t22-,23?/m1/s1. The van der Waals surface area contributed by atoms with Crippen molar-refractivity contribution in [3.8, 4) is 0 Å². The highest BCUT2D eigenvalue weighted by atomic mass is 31.1. The quantitative estimate of drug-likeness (QED) is 0.498. The van der Waals surface area contributed by atoms with Crippen molar-refractivity contribution < 1.29 is 0 Å². The summed E-state index contributed by atoms with van der Waals surface area (Å²) in [5, 5.41) is 0. The molecule has 0 heterocycles. The monoisotopic (exact) mass is 342 g/mol. The van der Waals surface area contributed by atoms with Gasteiger partial charge < -0.3 is 0 Å². The van der Waals surface area contributed by atoms with Crippen molar-refractivity contribution in [2.75, 3.05) is 0 Å². The third-order valence-corrected chi connectivity index (χ3v) is 11.2. The topological polar surface area (TPSA) is 0 Å².